The molecule has 13 heteroatoms. The second-order valence-corrected chi connectivity index (χ2v) is 27.9. The van der Waals surface area contributed by atoms with E-state index >= 15 is 0 Å². The number of fused-ring (bicyclic) bond motifs is 10. The van der Waals surface area contributed by atoms with Gasteiger partial charge in [-0.05, 0) is 220 Å². The van der Waals surface area contributed by atoms with Crippen LogP contribution in [0.4, 0.5) is 26.3 Å². The van der Waals surface area contributed by atoms with Crippen molar-refractivity contribution in [3.05, 3.63) is 59.2 Å². The fourth-order valence-electron chi connectivity index (χ4n) is 18.6. The van der Waals surface area contributed by atoms with Crippen LogP contribution >= 0.6 is 0 Å². The predicted molar refractivity (Wildman–Crippen MR) is 282 cm³/mol. The molecule has 1 aromatic rings. The monoisotopic (exact) mass is 1100 g/mol. The Morgan fingerprint density at radius 2 is 1.01 bits per heavy atom. The molecule has 6 saturated carbocycles. The van der Waals surface area contributed by atoms with Gasteiger partial charge < -0.3 is 25.5 Å². The van der Waals surface area contributed by atoms with E-state index < -0.39 is 23.6 Å². The van der Waals surface area contributed by atoms with Crippen LogP contribution in [0, 0.1) is 92.7 Å². The Hall–Kier alpha value is -0.774. The third-order valence-electron chi connectivity index (χ3n) is 23.5. The van der Waals surface area contributed by atoms with Crippen LogP contribution in [-0.2, 0) is 4.74 Å². The molecule has 0 bridgehead atoms. The molecule has 76 heavy (non-hydrogen) atoms. The third kappa shape index (κ3) is 11.9. The molecule has 426 valence electrons. The molecule has 9 rings (SSSR count). The van der Waals surface area contributed by atoms with Gasteiger partial charge in [-0.15, -0.1) is 0 Å². The summed E-state index contributed by atoms with van der Waals surface area (Å²) in [6.07, 6.45) is 9.50. The van der Waals surface area contributed by atoms with Crippen molar-refractivity contribution in [2.75, 3.05) is 0 Å². The first-order valence-electron chi connectivity index (χ1n) is 29.3. The smallest absolute Gasteiger partial charge is 0.870 e. The zero-order chi connectivity index (χ0) is 54.2. The molecule has 0 saturated heterocycles. The van der Waals surface area contributed by atoms with Gasteiger partial charge in [0.25, 0.3) is 0 Å². The summed E-state index contributed by atoms with van der Waals surface area (Å²) in [5.41, 5.74) is -2.73. The second-order valence-electron chi connectivity index (χ2n) is 27.9. The summed E-state index contributed by atoms with van der Waals surface area (Å²) in [4.78, 5) is 12.7. The van der Waals surface area contributed by atoms with E-state index in [1.165, 1.54) is 25.7 Å². The molecule has 0 aliphatic heterocycles. The van der Waals surface area contributed by atoms with Crippen LogP contribution < -0.4 is 51.4 Å². The second kappa shape index (κ2) is 23.8. The minimum atomic E-state index is -4.58. The van der Waals surface area contributed by atoms with Crippen LogP contribution in [0.3, 0.4) is 0 Å². The molecule has 18 atom stereocenters. The standard InChI is InChI=1S/C35H49F3O3.C28H45F3O2.K.H2O/c1-22(2)30(41-31(39)24-9-7-6-8-10-24)16-11-23(3)27-14-15-28-26-13-12-25-21-34(40,35(36,37)38)20-19-32(25,4)29(26)17-18-33(27,28)5;1-17(2)24(32)11-6-18(3)21-9-10-22-20-8-7-19-16-27(33,28(29,30)31)15-14-25(19,4)23(20)12-13-26(21,22)5;;/h6-10,12,22-23,26-30,40H,11,13-21H2,1-5H3;7,17-18,20-24,32-33H,6,8-16H2,1-5H3;;1H2/q;;+1;/p-1/t23-,26+,27-,28+,29+,30+,32+,33-,34+;18-,20+,21-,22+,23+,24+,25+,26-,27+;;/m11../s1. The molecular weight excluding hydrogens is 1010 g/mol. The summed E-state index contributed by atoms with van der Waals surface area (Å²) in [5, 5.41) is 31.2. The Balaban J connectivity index is 0.000000246. The fourth-order valence-corrected chi connectivity index (χ4v) is 18.6. The van der Waals surface area contributed by atoms with Crippen LogP contribution in [0.2, 0.25) is 0 Å². The Morgan fingerprint density at radius 1 is 0.592 bits per heavy atom. The summed E-state index contributed by atoms with van der Waals surface area (Å²) in [7, 11) is 0. The number of carbonyl (C=O) groups is 1. The molecule has 0 aromatic heterocycles. The van der Waals surface area contributed by atoms with Crippen molar-refractivity contribution in [1.29, 1.82) is 0 Å². The number of esters is 1. The van der Waals surface area contributed by atoms with Crippen molar-refractivity contribution in [2.45, 2.75) is 233 Å². The maximum atomic E-state index is 13.7. The average Bonchev–Trinajstić information content (AvgIpc) is 3.89. The number of hydrogen-bond donors (Lipinski definition) is 3. The van der Waals surface area contributed by atoms with E-state index in [0.29, 0.717) is 88.9 Å². The number of halogens is 6. The molecule has 4 N–H and O–H groups in total. The topological polar surface area (TPSA) is 117 Å². The molecule has 1 aromatic carbocycles. The van der Waals surface area contributed by atoms with E-state index in [4.69, 9.17) is 4.74 Å². The van der Waals surface area contributed by atoms with Gasteiger partial charge >= 0.3 is 69.7 Å². The average molecular weight is 1100 g/mol. The number of ether oxygens (including phenoxy) is 1. The number of alkyl halides is 6. The van der Waals surface area contributed by atoms with Crippen LogP contribution in [0.25, 0.3) is 0 Å². The van der Waals surface area contributed by atoms with E-state index in [2.05, 4.69) is 81.4 Å². The maximum Gasteiger partial charge on any atom is 1.00 e. The first-order valence-corrected chi connectivity index (χ1v) is 29.3. The van der Waals surface area contributed by atoms with Gasteiger partial charge in [0.15, 0.2) is 11.2 Å². The molecule has 8 aliphatic carbocycles. The molecule has 0 heterocycles. The number of aliphatic hydroxyl groups excluding tert-OH is 1. The molecule has 0 unspecified atom stereocenters. The zero-order valence-corrected chi connectivity index (χ0v) is 51.3. The van der Waals surface area contributed by atoms with Crippen molar-refractivity contribution < 1.29 is 108 Å². The summed E-state index contributed by atoms with van der Waals surface area (Å²) in [5.74, 6) is 5.78. The Kier molecular flexibility index (Phi) is 20.2. The van der Waals surface area contributed by atoms with Crippen molar-refractivity contribution in [1.82, 2.24) is 0 Å². The predicted octanol–water partition coefficient (Wildman–Crippen LogP) is 13.3. The molecule has 6 nitrogen and oxygen atoms in total. The number of aliphatic hydroxyl groups is 3. The number of allylic oxidation sites excluding steroid dienone is 2. The largest absolute Gasteiger partial charge is 1.00 e. The number of benzene rings is 1. The van der Waals surface area contributed by atoms with E-state index in [-0.39, 0.29) is 123 Å². The van der Waals surface area contributed by atoms with E-state index in [1.54, 1.807) is 12.1 Å². The SMILES string of the molecule is CC(C)[C@@H](O)CC[C@@H](C)[C@H]1CC[C@H]2[C@@H]3CC=C4C[C@](O)(C(F)(F)F)CC[C@]4(C)[C@H]3CC[C@]12C.CC(C)[C@H](CC[C@@H](C)[C@H]1CC[C@H]2[C@@H]3CC=C4C[C@](O)(C(F)(F)F)CC[C@]4(C)[C@H]3CC[C@]12C)OC(=O)c1ccccc1.[K+].[OH-]. The summed E-state index contributed by atoms with van der Waals surface area (Å²) in [6, 6.07) is 9.20. The van der Waals surface area contributed by atoms with E-state index in [9.17, 15) is 46.5 Å². The van der Waals surface area contributed by atoms with Crippen molar-refractivity contribution in [2.24, 2.45) is 92.7 Å². The number of rotatable bonds is 12. The molecule has 6 fully saturated rings. The van der Waals surface area contributed by atoms with Crippen molar-refractivity contribution in [3.63, 3.8) is 0 Å². The Bertz CT molecular complexity index is 2200. The minimum absolute atomic E-state index is 0. The van der Waals surface area contributed by atoms with Crippen LogP contribution in [0.5, 0.6) is 0 Å². The van der Waals surface area contributed by atoms with Crippen LogP contribution in [0.1, 0.15) is 208 Å². The van der Waals surface area contributed by atoms with Gasteiger partial charge in [-0.1, -0.05) is 111 Å². The summed E-state index contributed by atoms with van der Waals surface area (Å²) in [6.45, 7) is 22.5. The fraction of sp³-hybridized carbons (Fsp3) is 0.825. The third-order valence-corrected chi connectivity index (χ3v) is 23.5. The minimum Gasteiger partial charge on any atom is -0.870 e. The maximum absolute atomic E-state index is 13.7. The quantitative estimate of drug-likeness (QED) is 0.0831. The van der Waals surface area contributed by atoms with Crippen molar-refractivity contribution in [3.8, 4) is 0 Å². The first kappa shape index (κ1) is 64.4. The van der Waals surface area contributed by atoms with E-state index in [1.807, 2.05) is 18.2 Å². The summed E-state index contributed by atoms with van der Waals surface area (Å²) >= 11 is 0. The summed E-state index contributed by atoms with van der Waals surface area (Å²) < 4.78 is 87.7. The van der Waals surface area contributed by atoms with Gasteiger partial charge in [0.1, 0.15) is 6.10 Å². The normalized spacial score (nSPS) is 40.3. The van der Waals surface area contributed by atoms with E-state index in [0.717, 1.165) is 75.4 Å². The molecule has 0 amide bonds. The number of hydrogen-bond acceptors (Lipinski definition) is 6. The zero-order valence-electron chi connectivity index (χ0n) is 48.1. The van der Waals surface area contributed by atoms with Gasteiger partial charge in [0, 0.05) is 12.8 Å². The Morgan fingerprint density at radius 3 is 1.41 bits per heavy atom. The van der Waals surface area contributed by atoms with Crippen LogP contribution in [-0.4, -0.2) is 62.5 Å². The molecule has 8 aliphatic rings. The molecular formula is C63H95F6KO6. The van der Waals surface area contributed by atoms with Gasteiger partial charge in [0.2, 0.25) is 0 Å². The van der Waals surface area contributed by atoms with Gasteiger partial charge in [-0.2, -0.15) is 26.3 Å². The molecule has 0 spiro atoms. The van der Waals surface area contributed by atoms with Gasteiger partial charge in [-0.3, -0.25) is 0 Å². The van der Waals surface area contributed by atoms with Crippen LogP contribution in [0.15, 0.2) is 53.6 Å². The molecule has 0 radical (unpaired) electrons. The van der Waals surface area contributed by atoms with Crippen molar-refractivity contribution >= 4 is 5.97 Å². The number of carbonyl (C=O) groups excluding carboxylic acids is 1. The Labute approximate surface area is 495 Å². The first-order chi connectivity index (χ1) is 34.4. The van der Waals surface area contributed by atoms with Gasteiger partial charge in [-0.25, -0.2) is 4.79 Å². The van der Waals surface area contributed by atoms with Gasteiger partial charge in [0.05, 0.1) is 11.7 Å².